The van der Waals surface area contributed by atoms with Gasteiger partial charge in [0.15, 0.2) is 0 Å². The number of carbonyl (C=O) groups is 2. The van der Waals surface area contributed by atoms with Crippen molar-refractivity contribution in [1.29, 1.82) is 0 Å². The van der Waals surface area contributed by atoms with Gasteiger partial charge in [0, 0.05) is 32.0 Å². The molecule has 0 spiro atoms. The van der Waals surface area contributed by atoms with E-state index in [2.05, 4.69) is 24.5 Å². The van der Waals surface area contributed by atoms with E-state index >= 15 is 0 Å². The van der Waals surface area contributed by atoms with Crippen LogP contribution in [0, 0.1) is 11.8 Å². The van der Waals surface area contributed by atoms with E-state index in [4.69, 9.17) is 10.5 Å². The van der Waals surface area contributed by atoms with E-state index in [1.807, 2.05) is 58.2 Å². The summed E-state index contributed by atoms with van der Waals surface area (Å²) >= 11 is 0. The molecular formula is C22H41N3O3. The van der Waals surface area contributed by atoms with Gasteiger partial charge >= 0.3 is 5.97 Å². The third-order valence-electron chi connectivity index (χ3n) is 3.56. The topological polar surface area (TPSA) is 93.4 Å². The van der Waals surface area contributed by atoms with Gasteiger partial charge in [-0.3, -0.25) is 9.59 Å². The van der Waals surface area contributed by atoms with E-state index < -0.39 is 0 Å². The average Bonchev–Trinajstić information content (AvgIpc) is 2.67. The van der Waals surface area contributed by atoms with Gasteiger partial charge in [-0.1, -0.05) is 65.0 Å². The Kier molecular flexibility index (Phi) is 18.6. The number of rotatable bonds is 9. The molecule has 0 radical (unpaired) electrons. The molecule has 0 bridgehead atoms. The molecule has 6 nitrogen and oxygen atoms in total. The van der Waals surface area contributed by atoms with Crippen molar-refractivity contribution in [2.45, 2.75) is 60.6 Å². The lowest BCUT2D eigenvalue weighted by atomic mass is 9.98. The van der Waals surface area contributed by atoms with Gasteiger partial charge in [-0.2, -0.15) is 0 Å². The lowest BCUT2D eigenvalue weighted by molar-refractivity contribution is -0.142. The molecule has 6 heteroatoms. The largest absolute Gasteiger partial charge is 0.461 e. The molecule has 1 amide bonds. The molecule has 1 aromatic carbocycles. The molecule has 0 aromatic heterocycles. The Balaban J connectivity index is 0. The molecule has 0 heterocycles. The van der Waals surface area contributed by atoms with Crippen LogP contribution in [-0.4, -0.2) is 38.1 Å². The summed E-state index contributed by atoms with van der Waals surface area (Å²) in [6.45, 7) is 13.2. The number of amides is 1. The second-order valence-corrected chi connectivity index (χ2v) is 6.86. The molecule has 0 aliphatic heterocycles. The van der Waals surface area contributed by atoms with Crippen molar-refractivity contribution in [1.82, 2.24) is 10.6 Å². The Hall–Kier alpha value is -1.92. The van der Waals surface area contributed by atoms with E-state index in [9.17, 15) is 9.59 Å². The van der Waals surface area contributed by atoms with Crippen LogP contribution < -0.4 is 16.4 Å². The summed E-state index contributed by atoms with van der Waals surface area (Å²) in [7, 11) is 1.85. The minimum Gasteiger partial charge on any atom is -0.461 e. The highest BCUT2D eigenvalue weighted by Crippen LogP contribution is 2.10. The molecule has 0 aliphatic carbocycles. The zero-order chi connectivity index (χ0) is 21.9. The number of hydrogen-bond acceptors (Lipinski definition) is 5. The van der Waals surface area contributed by atoms with Gasteiger partial charge in [0.2, 0.25) is 5.91 Å². The Bertz CT molecular complexity index is 507. The third kappa shape index (κ3) is 17.5. The van der Waals surface area contributed by atoms with Crippen LogP contribution in [0.5, 0.6) is 0 Å². The van der Waals surface area contributed by atoms with E-state index in [1.165, 1.54) is 6.92 Å². The molecule has 1 aromatic rings. The fourth-order valence-corrected chi connectivity index (χ4v) is 2.31. The number of nitrogens with two attached hydrogens (primary N) is 1. The first-order valence-corrected chi connectivity index (χ1v) is 10.1. The minimum atomic E-state index is -0.242. The molecular weight excluding hydrogens is 354 g/mol. The van der Waals surface area contributed by atoms with Crippen LogP contribution in [0.1, 0.15) is 53.5 Å². The summed E-state index contributed by atoms with van der Waals surface area (Å²) in [4.78, 5) is 22.0. The van der Waals surface area contributed by atoms with Crippen molar-refractivity contribution in [3.8, 4) is 0 Å². The Morgan fingerprint density at radius 1 is 1.07 bits per heavy atom. The number of benzene rings is 1. The lowest BCUT2D eigenvalue weighted by Crippen LogP contribution is -2.44. The zero-order valence-corrected chi connectivity index (χ0v) is 18.7. The van der Waals surface area contributed by atoms with Gasteiger partial charge in [0.25, 0.3) is 0 Å². The van der Waals surface area contributed by atoms with Crippen LogP contribution in [0.2, 0.25) is 0 Å². The Labute approximate surface area is 171 Å². The second-order valence-electron chi connectivity index (χ2n) is 6.86. The smallest absolute Gasteiger partial charge is 0.302 e. The van der Waals surface area contributed by atoms with Gasteiger partial charge in [-0.15, -0.1) is 0 Å². The summed E-state index contributed by atoms with van der Waals surface area (Å²) in [5.41, 5.74) is 6.77. The van der Waals surface area contributed by atoms with Crippen LogP contribution in [-0.2, 0) is 20.9 Å². The maximum Gasteiger partial charge on any atom is 0.302 e. The first kappa shape index (κ1) is 28.3. The first-order valence-electron chi connectivity index (χ1n) is 10.1. The van der Waals surface area contributed by atoms with Crippen LogP contribution in [0.3, 0.4) is 0 Å². The quantitative estimate of drug-likeness (QED) is 0.559. The molecule has 4 N–H and O–H groups in total. The molecule has 0 fully saturated rings. The van der Waals surface area contributed by atoms with Crippen LogP contribution in [0.4, 0.5) is 0 Å². The molecule has 2 atom stereocenters. The number of ether oxygens (including phenoxy) is 1. The summed E-state index contributed by atoms with van der Waals surface area (Å²) in [6, 6.07) is 9.59. The Morgan fingerprint density at radius 3 is 2.11 bits per heavy atom. The van der Waals surface area contributed by atoms with Gasteiger partial charge < -0.3 is 21.1 Å². The van der Waals surface area contributed by atoms with Gasteiger partial charge in [-0.25, -0.2) is 0 Å². The van der Waals surface area contributed by atoms with Crippen molar-refractivity contribution in [3.05, 3.63) is 35.9 Å². The van der Waals surface area contributed by atoms with E-state index in [0.29, 0.717) is 19.1 Å². The minimum absolute atomic E-state index is 0.00907. The maximum atomic E-state index is 11.6. The first-order chi connectivity index (χ1) is 13.3. The molecule has 28 heavy (non-hydrogen) atoms. The SMILES string of the molecule is CC.CC(=O)OCc1ccccc1.CNCC(N)CNC(=O)[C@@H](C)CC(C)C. The lowest BCUT2D eigenvalue weighted by Gasteiger charge is -2.16. The second kappa shape index (κ2) is 18.4. The number of carbonyl (C=O) groups excluding carboxylic acids is 2. The number of nitrogens with one attached hydrogen (secondary N) is 2. The summed E-state index contributed by atoms with van der Waals surface area (Å²) < 4.78 is 4.79. The van der Waals surface area contributed by atoms with E-state index in [0.717, 1.165) is 18.5 Å². The summed E-state index contributed by atoms with van der Waals surface area (Å²) in [6.07, 6.45) is 0.924. The molecule has 1 unspecified atom stereocenters. The predicted octanol–water partition coefficient (Wildman–Crippen LogP) is 3.11. The van der Waals surface area contributed by atoms with Crippen LogP contribution in [0.25, 0.3) is 0 Å². The van der Waals surface area contributed by atoms with E-state index in [1.54, 1.807) is 0 Å². The molecule has 1 rings (SSSR count). The van der Waals surface area contributed by atoms with Crippen molar-refractivity contribution in [3.63, 3.8) is 0 Å². The summed E-state index contributed by atoms with van der Waals surface area (Å²) in [5.74, 6) is 0.493. The van der Waals surface area contributed by atoms with Crippen LogP contribution in [0.15, 0.2) is 30.3 Å². The highest BCUT2D eigenvalue weighted by Gasteiger charge is 2.14. The van der Waals surface area contributed by atoms with Gasteiger partial charge in [0.05, 0.1) is 0 Å². The third-order valence-corrected chi connectivity index (χ3v) is 3.56. The number of hydrogen-bond donors (Lipinski definition) is 3. The fraction of sp³-hybridized carbons (Fsp3) is 0.636. The zero-order valence-electron chi connectivity index (χ0n) is 18.7. The normalized spacial score (nSPS) is 11.9. The number of esters is 1. The maximum absolute atomic E-state index is 11.6. The average molecular weight is 396 g/mol. The molecule has 0 saturated heterocycles. The fourth-order valence-electron chi connectivity index (χ4n) is 2.31. The van der Waals surface area contributed by atoms with Crippen LogP contribution >= 0.6 is 0 Å². The highest BCUT2D eigenvalue weighted by molar-refractivity contribution is 5.78. The van der Waals surface area contributed by atoms with Crippen molar-refractivity contribution >= 4 is 11.9 Å². The standard InChI is InChI=1S/C11H25N3O.C9H10O2.C2H6/c1-8(2)5-9(3)11(15)14-7-10(12)6-13-4;1-8(10)11-7-9-5-3-2-4-6-9;1-2/h8-10,13H,5-7,12H2,1-4H3,(H,14,15);2-6H,7H2,1H3;1-2H3/t9-,10?;;/m0../s1. The number of likely N-dealkylation sites (N-methyl/N-ethyl adjacent to an activating group) is 1. The highest BCUT2D eigenvalue weighted by atomic mass is 16.5. The van der Waals surface area contributed by atoms with Crippen molar-refractivity contribution in [2.24, 2.45) is 17.6 Å². The monoisotopic (exact) mass is 395 g/mol. The van der Waals surface area contributed by atoms with E-state index in [-0.39, 0.29) is 23.8 Å². The molecule has 162 valence electrons. The Morgan fingerprint density at radius 2 is 1.64 bits per heavy atom. The van der Waals surface area contributed by atoms with Crippen molar-refractivity contribution in [2.75, 3.05) is 20.1 Å². The van der Waals surface area contributed by atoms with Gasteiger partial charge in [0.1, 0.15) is 6.61 Å². The van der Waals surface area contributed by atoms with Gasteiger partial charge in [-0.05, 0) is 24.9 Å². The molecule has 0 saturated carbocycles. The molecule has 0 aliphatic rings. The summed E-state index contributed by atoms with van der Waals surface area (Å²) in [5, 5.41) is 5.84. The van der Waals surface area contributed by atoms with Crippen molar-refractivity contribution < 1.29 is 14.3 Å². The predicted molar refractivity (Wildman–Crippen MR) is 117 cm³/mol.